The van der Waals surface area contributed by atoms with E-state index in [1.807, 2.05) is 31.9 Å². The van der Waals surface area contributed by atoms with Gasteiger partial charge in [0.1, 0.15) is 11.7 Å². The quantitative estimate of drug-likeness (QED) is 0.877. The first kappa shape index (κ1) is 15.3. The minimum Gasteiger partial charge on any atom is -0.307 e. The number of carbonyl (C=O) groups is 1. The Hall–Kier alpha value is -1.72. The summed E-state index contributed by atoms with van der Waals surface area (Å²) in [5, 5.41) is 1.40. The lowest BCUT2D eigenvalue weighted by molar-refractivity contribution is -0.0979. The zero-order valence-corrected chi connectivity index (χ0v) is 11.5. The molecule has 0 amide bonds. The van der Waals surface area contributed by atoms with E-state index >= 15 is 0 Å². The fraction of sp³-hybridized carbons (Fsp3) is 0.214. The minimum absolute atomic E-state index is 0.0532. The molecule has 0 aliphatic carbocycles. The van der Waals surface area contributed by atoms with Crippen molar-refractivity contribution < 1.29 is 17.8 Å². The zero-order chi connectivity index (χ0) is 14.5. The van der Waals surface area contributed by atoms with Crippen LogP contribution in [0.25, 0.3) is 10.8 Å². The monoisotopic (exact) mass is 280 g/mol. The van der Waals surface area contributed by atoms with Gasteiger partial charge in [-0.25, -0.2) is 0 Å². The number of hydrogen-bond acceptors (Lipinski definition) is 3. The summed E-state index contributed by atoms with van der Waals surface area (Å²) in [6, 6.07) is 10.8. The van der Waals surface area contributed by atoms with Gasteiger partial charge in [-0.3, -0.25) is 4.55 Å². The summed E-state index contributed by atoms with van der Waals surface area (Å²) in [4.78, 5) is 8.05. The number of rotatable bonds is 3. The Balaban J connectivity index is 0.000000861. The molecule has 2 aromatic rings. The average molecular weight is 280 g/mol. The number of benzene rings is 2. The number of hydrogen-bond donors (Lipinski definition) is 1. The Morgan fingerprint density at radius 2 is 1.74 bits per heavy atom. The number of carbonyl (C=O) groups excluding carboxylic acids is 1. The van der Waals surface area contributed by atoms with Crippen molar-refractivity contribution in [3.05, 3.63) is 42.0 Å². The molecule has 4 nitrogen and oxygen atoms in total. The maximum Gasteiger partial charge on any atom is 0.295 e. The second-order valence-electron chi connectivity index (χ2n) is 4.00. The van der Waals surface area contributed by atoms with E-state index in [1.165, 1.54) is 0 Å². The standard InChI is InChI=1S/C13H14O3S.CH2O/c1-2-5-11-9-8-10-6-3-4-7-12(10)13(11)17(14,15)16;1-2/h3-4,6-9H,2,5H2,1H3,(H,14,15,16);1H2. The topological polar surface area (TPSA) is 71.4 Å². The molecule has 0 atom stereocenters. The predicted molar refractivity (Wildman–Crippen MR) is 74.9 cm³/mol. The Labute approximate surface area is 112 Å². The first-order chi connectivity index (χ1) is 9.04. The molecule has 1 N–H and O–H groups in total. The summed E-state index contributed by atoms with van der Waals surface area (Å²) in [7, 11) is -4.18. The van der Waals surface area contributed by atoms with Gasteiger partial charge in [0, 0.05) is 5.39 Å². The third-order valence-corrected chi connectivity index (χ3v) is 3.74. The first-order valence-electron chi connectivity index (χ1n) is 5.81. The summed E-state index contributed by atoms with van der Waals surface area (Å²) >= 11 is 0. The molecule has 0 aliphatic heterocycles. The van der Waals surface area contributed by atoms with Crippen LogP contribution in [0.3, 0.4) is 0 Å². The molecule has 0 bridgehead atoms. The van der Waals surface area contributed by atoms with Crippen LogP contribution < -0.4 is 0 Å². The highest BCUT2D eigenvalue weighted by molar-refractivity contribution is 7.86. The largest absolute Gasteiger partial charge is 0.307 e. The lowest BCUT2D eigenvalue weighted by atomic mass is 10.0. The van der Waals surface area contributed by atoms with Crippen LogP contribution in [0.2, 0.25) is 0 Å². The molecule has 0 aromatic heterocycles. The van der Waals surface area contributed by atoms with Gasteiger partial charge in [0.15, 0.2) is 0 Å². The van der Waals surface area contributed by atoms with E-state index < -0.39 is 10.1 Å². The Kier molecular flexibility index (Phi) is 5.20. The predicted octanol–water partition coefficient (Wildman–Crippen LogP) is 2.85. The molecule has 0 spiro atoms. The van der Waals surface area contributed by atoms with Crippen LogP contribution in [0.1, 0.15) is 18.9 Å². The van der Waals surface area contributed by atoms with Gasteiger partial charge < -0.3 is 4.79 Å². The molecule has 0 aliphatic rings. The second kappa shape index (κ2) is 6.45. The summed E-state index contributed by atoms with van der Waals surface area (Å²) in [5.74, 6) is 0. The molecule has 5 heteroatoms. The maximum atomic E-state index is 11.5. The number of aryl methyl sites for hydroxylation is 1. The van der Waals surface area contributed by atoms with Gasteiger partial charge in [-0.1, -0.05) is 49.7 Å². The molecule has 2 aromatic carbocycles. The van der Waals surface area contributed by atoms with Crippen molar-refractivity contribution in [1.29, 1.82) is 0 Å². The van der Waals surface area contributed by atoms with Crippen LogP contribution >= 0.6 is 0 Å². The molecule has 0 unspecified atom stereocenters. The molecule has 2 rings (SSSR count). The number of fused-ring (bicyclic) bond motifs is 1. The highest BCUT2D eigenvalue weighted by Crippen LogP contribution is 2.27. The fourth-order valence-electron chi connectivity index (χ4n) is 2.06. The molecular formula is C14H16O4S. The van der Waals surface area contributed by atoms with Crippen LogP contribution in [-0.2, 0) is 21.3 Å². The van der Waals surface area contributed by atoms with E-state index in [2.05, 4.69) is 0 Å². The van der Waals surface area contributed by atoms with Crippen LogP contribution in [0, 0.1) is 0 Å². The van der Waals surface area contributed by atoms with Gasteiger partial charge in [0.05, 0.1) is 0 Å². The highest BCUT2D eigenvalue weighted by Gasteiger charge is 2.18. The van der Waals surface area contributed by atoms with Gasteiger partial charge >= 0.3 is 0 Å². The molecule has 0 fully saturated rings. The molecule has 0 saturated carbocycles. The molecule has 0 saturated heterocycles. The van der Waals surface area contributed by atoms with Crippen molar-refractivity contribution in [2.45, 2.75) is 24.7 Å². The van der Waals surface area contributed by atoms with Crippen molar-refractivity contribution in [2.75, 3.05) is 0 Å². The summed E-state index contributed by atoms with van der Waals surface area (Å²) in [5.41, 5.74) is 0.675. The third kappa shape index (κ3) is 3.39. The molecule has 0 heterocycles. The van der Waals surface area contributed by atoms with Crippen LogP contribution in [-0.4, -0.2) is 19.8 Å². The Morgan fingerprint density at radius 3 is 2.32 bits per heavy atom. The van der Waals surface area contributed by atoms with Crippen LogP contribution in [0.5, 0.6) is 0 Å². The van der Waals surface area contributed by atoms with E-state index in [4.69, 9.17) is 4.79 Å². The minimum atomic E-state index is -4.18. The van der Waals surface area contributed by atoms with Gasteiger partial charge in [-0.2, -0.15) is 8.42 Å². The summed E-state index contributed by atoms with van der Waals surface area (Å²) in [6.07, 6.45) is 1.47. The van der Waals surface area contributed by atoms with E-state index in [0.717, 1.165) is 11.8 Å². The molecule has 102 valence electrons. The fourth-order valence-corrected chi connectivity index (χ4v) is 3.02. The van der Waals surface area contributed by atoms with Crippen molar-refractivity contribution in [1.82, 2.24) is 0 Å². The lowest BCUT2D eigenvalue weighted by Gasteiger charge is -2.09. The SMILES string of the molecule is C=O.CCCc1ccc2ccccc2c1S(=O)(=O)O. The normalized spacial score (nSPS) is 10.8. The van der Waals surface area contributed by atoms with Gasteiger partial charge in [-0.15, -0.1) is 0 Å². The lowest BCUT2D eigenvalue weighted by Crippen LogP contribution is -2.04. The van der Waals surface area contributed by atoms with E-state index in [1.54, 1.807) is 18.2 Å². The van der Waals surface area contributed by atoms with E-state index in [9.17, 15) is 13.0 Å². The maximum absolute atomic E-state index is 11.5. The molecule has 19 heavy (non-hydrogen) atoms. The van der Waals surface area contributed by atoms with E-state index in [0.29, 0.717) is 17.4 Å². The highest BCUT2D eigenvalue weighted by atomic mass is 32.2. The van der Waals surface area contributed by atoms with Crippen molar-refractivity contribution in [2.24, 2.45) is 0 Å². The second-order valence-corrected chi connectivity index (χ2v) is 5.36. The van der Waals surface area contributed by atoms with Gasteiger partial charge in [0.2, 0.25) is 0 Å². The summed E-state index contributed by atoms with van der Waals surface area (Å²) in [6.45, 7) is 3.98. The average Bonchev–Trinajstić information content (AvgIpc) is 2.39. The van der Waals surface area contributed by atoms with Crippen molar-refractivity contribution in [3.63, 3.8) is 0 Å². The Morgan fingerprint density at radius 1 is 1.11 bits per heavy atom. The van der Waals surface area contributed by atoms with Gasteiger partial charge in [0.25, 0.3) is 10.1 Å². The van der Waals surface area contributed by atoms with Crippen LogP contribution in [0.4, 0.5) is 0 Å². The van der Waals surface area contributed by atoms with Crippen LogP contribution in [0.15, 0.2) is 41.3 Å². The van der Waals surface area contributed by atoms with Gasteiger partial charge in [-0.05, 0) is 17.4 Å². The molecular weight excluding hydrogens is 264 g/mol. The molecule has 0 radical (unpaired) electrons. The zero-order valence-electron chi connectivity index (χ0n) is 10.7. The van der Waals surface area contributed by atoms with E-state index in [-0.39, 0.29) is 4.90 Å². The third-order valence-electron chi connectivity index (χ3n) is 2.74. The Bertz CT molecular complexity index is 662. The summed E-state index contributed by atoms with van der Waals surface area (Å²) < 4.78 is 32.4. The van der Waals surface area contributed by atoms with Crippen molar-refractivity contribution in [3.8, 4) is 0 Å². The van der Waals surface area contributed by atoms with Crippen molar-refractivity contribution >= 4 is 27.7 Å². The first-order valence-corrected chi connectivity index (χ1v) is 7.25. The smallest absolute Gasteiger partial charge is 0.295 e.